The Morgan fingerprint density at radius 1 is 0.923 bits per heavy atom. The Bertz CT molecular complexity index is 414. The van der Waals surface area contributed by atoms with Crippen LogP contribution in [0, 0.1) is 5.92 Å². The van der Waals surface area contributed by atoms with Gasteiger partial charge >= 0.3 is 0 Å². The Kier molecular flexibility index (Phi) is 14.9. The van der Waals surface area contributed by atoms with E-state index in [9.17, 15) is 9.59 Å². The van der Waals surface area contributed by atoms with Crippen molar-refractivity contribution >= 4 is 11.8 Å². The maximum absolute atomic E-state index is 12.0. The first-order valence-electron chi connectivity index (χ1n) is 8.77. The highest BCUT2D eigenvalue weighted by molar-refractivity contribution is 5.78. The van der Waals surface area contributed by atoms with Crippen LogP contribution in [-0.4, -0.2) is 78.3 Å². The first kappa shape index (κ1) is 24.5. The molecular weight excluding hydrogens is 340 g/mol. The van der Waals surface area contributed by atoms with Crippen LogP contribution < -0.4 is 10.6 Å². The van der Waals surface area contributed by atoms with Crippen molar-refractivity contribution in [2.24, 2.45) is 5.92 Å². The summed E-state index contributed by atoms with van der Waals surface area (Å²) >= 11 is 0. The van der Waals surface area contributed by atoms with Gasteiger partial charge in [0.2, 0.25) is 11.8 Å². The summed E-state index contributed by atoms with van der Waals surface area (Å²) in [5.41, 5.74) is 1.00. The van der Waals surface area contributed by atoms with Gasteiger partial charge in [0.1, 0.15) is 13.2 Å². The van der Waals surface area contributed by atoms with Crippen molar-refractivity contribution in [3.05, 3.63) is 12.2 Å². The maximum atomic E-state index is 12.0. The van der Waals surface area contributed by atoms with E-state index in [1.165, 1.54) is 0 Å². The Hall–Kier alpha value is -1.48. The van der Waals surface area contributed by atoms with E-state index in [-0.39, 0.29) is 31.1 Å². The predicted octanol–water partition coefficient (Wildman–Crippen LogP) is 0.516. The highest BCUT2D eigenvalue weighted by atomic mass is 16.5. The molecule has 1 unspecified atom stereocenters. The molecule has 0 aromatic heterocycles. The lowest BCUT2D eigenvalue weighted by Gasteiger charge is -2.22. The lowest BCUT2D eigenvalue weighted by atomic mass is 9.97. The summed E-state index contributed by atoms with van der Waals surface area (Å²) in [6.45, 7) is 9.87. The van der Waals surface area contributed by atoms with E-state index >= 15 is 0 Å². The number of amides is 2. The molecule has 0 saturated heterocycles. The van der Waals surface area contributed by atoms with Crippen LogP contribution in [0.2, 0.25) is 0 Å². The van der Waals surface area contributed by atoms with Gasteiger partial charge in [-0.3, -0.25) is 9.59 Å². The Morgan fingerprint density at radius 3 is 1.96 bits per heavy atom. The van der Waals surface area contributed by atoms with E-state index in [0.29, 0.717) is 45.3 Å². The topological polar surface area (TPSA) is 95.1 Å². The zero-order valence-corrected chi connectivity index (χ0v) is 16.5. The number of carbonyl (C=O) groups is 2. The monoisotopic (exact) mass is 374 g/mol. The van der Waals surface area contributed by atoms with Crippen molar-refractivity contribution in [1.29, 1.82) is 0 Å². The van der Waals surface area contributed by atoms with Gasteiger partial charge in [0.05, 0.1) is 26.4 Å². The molecule has 1 atom stereocenters. The maximum Gasteiger partial charge on any atom is 0.246 e. The fraction of sp³-hybridized carbons (Fsp3) is 0.778. The van der Waals surface area contributed by atoms with Gasteiger partial charge in [-0.25, -0.2) is 0 Å². The number of methoxy groups -OCH3 is 2. The summed E-state index contributed by atoms with van der Waals surface area (Å²) in [5.74, 6) is -0.194. The van der Waals surface area contributed by atoms with E-state index in [1.54, 1.807) is 14.2 Å². The first-order chi connectivity index (χ1) is 12.4. The van der Waals surface area contributed by atoms with Crippen molar-refractivity contribution in [1.82, 2.24) is 10.6 Å². The van der Waals surface area contributed by atoms with Gasteiger partial charge < -0.3 is 29.6 Å². The lowest BCUT2D eigenvalue weighted by Crippen LogP contribution is -2.46. The number of hydrogen-bond acceptors (Lipinski definition) is 6. The third-order valence-electron chi connectivity index (χ3n) is 3.57. The highest BCUT2D eigenvalue weighted by Crippen LogP contribution is 2.13. The summed E-state index contributed by atoms with van der Waals surface area (Å²) in [5, 5.41) is 5.63. The fourth-order valence-corrected chi connectivity index (χ4v) is 1.90. The Labute approximate surface area is 156 Å². The molecule has 8 nitrogen and oxygen atoms in total. The quantitative estimate of drug-likeness (QED) is 0.302. The smallest absolute Gasteiger partial charge is 0.246 e. The van der Waals surface area contributed by atoms with Crippen molar-refractivity contribution in [2.45, 2.75) is 26.3 Å². The molecule has 2 amide bonds. The van der Waals surface area contributed by atoms with E-state index in [0.717, 1.165) is 5.57 Å². The minimum atomic E-state index is -0.258. The zero-order chi connectivity index (χ0) is 19.8. The van der Waals surface area contributed by atoms with Gasteiger partial charge in [-0.05, 0) is 12.3 Å². The number of carbonyl (C=O) groups excluding carboxylic acids is 2. The van der Waals surface area contributed by atoms with Crippen LogP contribution >= 0.6 is 0 Å². The van der Waals surface area contributed by atoms with Gasteiger partial charge in [0, 0.05) is 26.8 Å². The second-order valence-corrected chi connectivity index (χ2v) is 6.18. The molecule has 0 heterocycles. The SMILES string of the molecule is C=C(CC(CNC(=O)COCCOC)NC(=O)COCCOC)C(C)C. The third kappa shape index (κ3) is 13.8. The van der Waals surface area contributed by atoms with Crippen LogP contribution in [0.1, 0.15) is 20.3 Å². The van der Waals surface area contributed by atoms with Gasteiger partial charge in [-0.2, -0.15) is 0 Å². The molecule has 0 aliphatic carbocycles. The van der Waals surface area contributed by atoms with Crippen molar-refractivity contribution in [2.75, 3.05) is 60.4 Å². The molecule has 0 spiro atoms. The van der Waals surface area contributed by atoms with Crippen molar-refractivity contribution in [3.63, 3.8) is 0 Å². The van der Waals surface area contributed by atoms with Crippen LogP contribution in [0.25, 0.3) is 0 Å². The van der Waals surface area contributed by atoms with Crippen LogP contribution in [0.4, 0.5) is 0 Å². The normalized spacial score (nSPS) is 12.0. The van der Waals surface area contributed by atoms with E-state index < -0.39 is 0 Å². The molecule has 152 valence electrons. The molecule has 0 fully saturated rings. The second kappa shape index (κ2) is 15.7. The largest absolute Gasteiger partial charge is 0.382 e. The molecule has 0 aliphatic rings. The average molecular weight is 374 g/mol. The minimum Gasteiger partial charge on any atom is -0.382 e. The summed E-state index contributed by atoms with van der Waals surface area (Å²) < 4.78 is 20.1. The van der Waals surface area contributed by atoms with Gasteiger partial charge in [-0.1, -0.05) is 26.0 Å². The molecule has 0 rings (SSSR count). The number of rotatable bonds is 16. The molecule has 0 radical (unpaired) electrons. The number of nitrogens with one attached hydrogen (secondary N) is 2. The molecule has 2 N–H and O–H groups in total. The summed E-state index contributed by atoms with van der Waals surface area (Å²) in [7, 11) is 3.13. The second-order valence-electron chi connectivity index (χ2n) is 6.18. The molecule has 0 aromatic carbocycles. The van der Waals surface area contributed by atoms with Crippen LogP contribution in [0.5, 0.6) is 0 Å². The molecule has 0 aliphatic heterocycles. The molecule has 0 bridgehead atoms. The van der Waals surface area contributed by atoms with E-state index in [2.05, 4.69) is 17.2 Å². The number of hydrogen-bond donors (Lipinski definition) is 2. The molecule has 8 heteroatoms. The van der Waals surface area contributed by atoms with Gasteiger partial charge in [0.25, 0.3) is 0 Å². The summed E-state index contributed by atoms with van der Waals surface area (Å²) in [6, 6.07) is -0.258. The standard InChI is InChI=1S/C18H34N2O6/c1-14(2)15(3)10-16(20-18(22)13-26-9-7-24-5)11-19-17(21)12-25-8-6-23-4/h14,16H,3,6-13H2,1-2,4-5H3,(H,19,21)(H,20,22). The first-order valence-corrected chi connectivity index (χ1v) is 8.77. The summed E-state index contributed by atoms with van der Waals surface area (Å²) in [4.78, 5) is 23.8. The Balaban J connectivity index is 4.34. The molecular formula is C18H34N2O6. The average Bonchev–Trinajstić information content (AvgIpc) is 2.60. The van der Waals surface area contributed by atoms with Crippen molar-refractivity contribution < 1.29 is 28.5 Å². The summed E-state index contributed by atoms with van der Waals surface area (Å²) in [6.07, 6.45) is 0.576. The van der Waals surface area contributed by atoms with E-state index in [1.807, 2.05) is 13.8 Å². The molecule has 26 heavy (non-hydrogen) atoms. The van der Waals surface area contributed by atoms with E-state index in [4.69, 9.17) is 18.9 Å². The Morgan fingerprint density at radius 2 is 1.46 bits per heavy atom. The minimum absolute atomic E-state index is 0.0463. The van der Waals surface area contributed by atoms with Crippen LogP contribution in [-0.2, 0) is 28.5 Å². The van der Waals surface area contributed by atoms with Crippen LogP contribution in [0.3, 0.4) is 0 Å². The predicted molar refractivity (Wildman–Crippen MR) is 98.9 cm³/mol. The molecule has 0 saturated carbocycles. The lowest BCUT2D eigenvalue weighted by molar-refractivity contribution is -0.128. The highest BCUT2D eigenvalue weighted by Gasteiger charge is 2.16. The number of ether oxygens (including phenoxy) is 4. The zero-order valence-electron chi connectivity index (χ0n) is 16.5. The van der Waals surface area contributed by atoms with Gasteiger partial charge in [-0.15, -0.1) is 0 Å². The molecule has 0 aromatic rings. The van der Waals surface area contributed by atoms with Gasteiger partial charge in [0.15, 0.2) is 0 Å². The van der Waals surface area contributed by atoms with Crippen molar-refractivity contribution in [3.8, 4) is 0 Å². The fourth-order valence-electron chi connectivity index (χ4n) is 1.90. The third-order valence-corrected chi connectivity index (χ3v) is 3.57. The van der Waals surface area contributed by atoms with Crippen LogP contribution in [0.15, 0.2) is 12.2 Å².